The number of carbonyl (C=O) groups is 2. The SMILES string of the molecule is CCCNC(=O)c1cccc(C(=O)Nc2cc(Cl)cc(Cl)c2)n1. The highest BCUT2D eigenvalue weighted by atomic mass is 35.5. The molecule has 0 atom stereocenters. The molecule has 0 bridgehead atoms. The Labute approximate surface area is 144 Å². The summed E-state index contributed by atoms with van der Waals surface area (Å²) in [6.07, 6.45) is 0.821. The lowest BCUT2D eigenvalue weighted by molar-refractivity contribution is 0.0948. The van der Waals surface area contributed by atoms with E-state index in [9.17, 15) is 9.59 Å². The Morgan fingerprint density at radius 3 is 2.26 bits per heavy atom. The molecule has 1 heterocycles. The van der Waals surface area contributed by atoms with Crippen molar-refractivity contribution in [3.8, 4) is 0 Å². The predicted octanol–water partition coefficient (Wildman–Crippen LogP) is 3.78. The van der Waals surface area contributed by atoms with E-state index in [0.717, 1.165) is 6.42 Å². The lowest BCUT2D eigenvalue weighted by Crippen LogP contribution is -2.26. The van der Waals surface area contributed by atoms with E-state index in [1.165, 1.54) is 6.07 Å². The average Bonchev–Trinajstić information content (AvgIpc) is 2.51. The van der Waals surface area contributed by atoms with Gasteiger partial charge < -0.3 is 10.6 Å². The van der Waals surface area contributed by atoms with Crippen LogP contribution in [0, 0.1) is 0 Å². The zero-order valence-electron chi connectivity index (χ0n) is 12.4. The van der Waals surface area contributed by atoms with Crippen LogP contribution in [0.4, 0.5) is 5.69 Å². The number of anilines is 1. The molecule has 0 aliphatic carbocycles. The number of pyridine rings is 1. The number of amides is 2. The number of carbonyl (C=O) groups excluding carboxylic acids is 2. The molecule has 2 N–H and O–H groups in total. The normalized spacial score (nSPS) is 10.2. The molecule has 0 saturated heterocycles. The van der Waals surface area contributed by atoms with E-state index >= 15 is 0 Å². The topological polar surface area (TPSA) is 71.1 Å². The minimum Gasteiger partial charge on any atom is -0.351 e. The maximum atomic E-state index is 12.2. The maximum Gasteiger partial charge on any atom is 0.274 e. The van der Waals surface area contributed by atoms with Crippen molar-refractivity contribution in [1.82, 2.24) is 10.3 Å². The molecule has 1 aromatic carbocycles. The van der Waals surface area contributed by atoms with Crippen molar-refractivity contribution < 1.29 is 9.59 Å². The minimum absolute atomic E-state index is 0.130. The van der Waals surface area contributed by atoms with E-state index in [0.29, 0.717) is 22.3 Å². The Morgan fingerprint density at radius 1 is 1.04 bits per heavy atom. The lowest BCUT2D eigenvalue weighted by Gasteiger charge is -2.07. The van der Waals surface area contributed by atoms with Crippen LogP contribution in [0.15, 0.2) is 36.4 Å². The van der Waals surface area contributed by atoms with Crippen molar-refractivity contribution >= 4 is 40.7 Å². The molecule has 23 heavy (non-hydrogen) atoms. The van der Waals surface area contributed by atoms with Crippen LogP contribution in [-0.2, 0) is 0 Å². The first-order valence-electron chi connectivity index (χ1n) is 7.02. The van der Waals surface area contributed by atoms with Gasteiger partial charge in [-0.1, -0.05) is 36.2 Å². The number of benzene rings is 1. The molecule has 5 nitrogen and oxygen atoms in total. The number of halogens is 2. The number of rotatable bonds is 5. The van der Waals surface area contributed by atoms with Crippen LogP contribution in [0.1, 0.15) is 34.3 Å². The summed E-state index contributed by atoms with van der Waals surface area (Å²) in [5.74, 6) is -0.763. The minimum atomic E-state index is -0.450. The second-order valence-electron chi connectivity index (χ2n) is 4.78. The molecule has 2 amide bonds. The Kier molecular flexibility index (Phi) is 5.96. The molecular formula is C16H15Cl2N3O2. The van der Waals surface area contributed by atoms with Gasteiger partial charge in [0.05, 0.1) is 0 Å². The number of nitrogens with one attached hydrogen (secondary N) is 2. The summed E-state index contributed by atoms with van der Waals surface area (Å²) in [5.41, 5.74) is 0.774. The van der Waals surface area contributed by atoms with Crippen LogP contribution in [0.2, 0.25) is 10.0 Å². The van der Waals surface area contributed by atoms with Gasteiger partial charge in [-0.3, -0.25) is 9.59 Å². The van der Waals surface area contributed by atoms with Crippen LogP contribution >= 0.6 is 23.2 Å². The molecule has 0 saturated carbocycles. The molecule has 2 aromatic rings. The van der Waals surface area contributed by atoms with Gasteiger partial charge in [0.1, 0.15) is 11.4 Å². The quantitative estimate of drug-likeness (QED) is 0.860. The summed E-state index contributed by atoms with van der Waals surface area (Å²) in [7, 11) is 0. The van der Waals surface area contributed by atoms with Gasteiger partial charge in [0.15, 0.2) is 0 Å². The van der Waals surface area contributed by atoms with E-state index in [1.807, 2.05) is 6.92 Å². The largest absolute Gasteiger partial charge is 0.351 e. The smallest absolute Gasteiger partial charge is 0.274 e. The number of hydrogen-bond donors (Lipinski definition) is 2. The Balaban J connectivity index is 2.14. The second kappa shape index (κ2) is 7.94. The summed E-state index contributed by atoms with van der Waals surface area (Å²) in [4.78, 5) is 28.2. The fraction of sp³-hybridized carbons (Fsp3) is 0.188. The zero-order valence-corrected chi connectivity index (χ0v) is 13.9. The van der Waals surface area contributed by atoms with Gasteiger partial charge in [0.2, 0.25) is 0 Å². The van der Waals surface area contributed by atoms with Gasteiger partial charge in [-0.05, 0) is 36.8 Å². The van der Waals surface area contributed by atoms with Gasteiger partial charge in [0, 0.05) is 22.3 Å². The average molecular weight is 352 g/mol. The van der Waals surface area contributed by atoms with Crippen LogP contribution in [0.5, 0.6) is 0 Å². The van der Waals surface area contributed by atoms with Crippen molar-refractivity contribution in [1.29, 1.82) is 0 Å². The Morgan fingerprint density at radius 2 is 1.65 bits per heavy atom. The van der Waals surface area contributed by atoms with Crippen LogP contribution in [0.25, 0.3) is 0 Å². The van der Waals surface area contributed by atoms with Gasteiger partial charge in [-0.2, -0.15) is 0 Å². The van der Waals surface area contributed by atoms with Gasteiger partial charge >= 0.3 is 0 Å². The molecule has 7 heteroatoms. The molecule has 0 aliphatic rings. The Hall–Kier alpha value is -2.11. The van der Waals surface area contributed by atoms with Crippen molar-refractivity contribution in [2.45, 2.75) is 13.3 Å². The first kappa shape index (κ1) is 17.2. The number of hydrogen-bond acceptors (Lipinski definition) is 3. The van der Waals surface area contributed by atoms with E-state index < -0.39 is 5.91 Å². The molecule has 2 rings (SSSR count). The summed E-state index contributed by atoms with van der Waals surface area (Å²) in [6, 6.07) is 9.39. The summed E-state index contributed by atoms with van der Waals surface area (Å²) in [5, 5.41) is 6.18. The Bertz CT molecular complexity index is 715. The van der Waals surface area contributed by atoms with E-state index in [-0.39, 0.29) is 17.3 Å². The molecule has 1 aromatic heterocycles. The zero-order chi connectivity index (χ0) is 16.8. The molecule has 0 radical (unpaired) electrons. The van der Waals surface area contributed by atoms with E-state index in [1.54, 1.807) is 30.3 Å². The maximum absolute atomic E-state index is 12.2. The van der Waals surface area contributed by atoms with Crippen LogP contribution < -0.4 is 10.6 Å². The van der Waals surface area contributed by atoms with Gasteiger partial charge in [-0.15, -0.1) is 0 Å². The fourth-order valence-electron chi connectivity index (χ4n) is 1.84. The molecule has 0 spiro atoms. The summed E-state index contributed by atoms with van der Waals surface area (Å²) in [6.45, 7) is 2.51. The summed E-state index contributed by atoms with van der Waals surface area (Å²) >= 11 is 11.8. The highest BCUT2D eigenvalue weighted by Gasteiger charge is 2.12. The van der Waals surface area contributed by atoms with Crippen molar-refractivity contribution in [3.63, 3.8) is 0 Å². The highest BCUT2D eigenvalue weighted by molar-refractivity contribution is 6.35. The van der Waals surface area contributed by atoms with Crippen LogP contribution in [0.3, 0.4) is 0 Å². The van der Waals surface area contributed by atoms with Crippen molar-refractivity contribution in [2.75, 3.05) is 11.9 Å². The molecule has 0 fully saturated rings. The van der Waals surface area contributed by atoms with Crippen LogP contribution in [-0.4, -0.2) is 23.3 Å². The predicted molar refractivity (Wildman–Crippen MR) is 91.3 cm³/mol. The fourth-order valence-corrected chi connectivity index (χ4v) is 2.36. The first-order chi connectivity index (χ1) is 11.0. The third-order valence-electron chi connectivity index (χ3n) is 2.87. The summed E-state index contributed by atoms with van der Waals surface area (Å²) < 4.78 is 0. The van der Waals surface area contributed by atoms with Gasteiger partial charge in [-0.25, -0.2) is 4.98 Å². The number of nitrogens with zero attached hydrogens (tertiary/aromatic N) is 1. The third-order valence-corrected chi connectivity index (χ3v) is 3.31. The van der Waals surface area contributed by atoms with Crippen molar-refractivity contribution in [2.24, 2.45) is 0 Å². The lowest BCUT2D eigenvalue weighted by atomic mass is 10.2. The number of aromatic nitrogens is 1. The second-order valence-corrected chi connectivity index (χ2v) is 5.65. The third kappa shape index (κ3) is 4.94. The molecule has 0 unspecified atom stereocenters. The van der Waals surface area contributed by atoms with E-state index in [4.69, 9.17) is 23.2 Å². The van der Waals surface area contributed by atoms with Gasteiger partial charge in [0.25, 0.3) is 11.8 Å². The molecule has 120 valence electrons. The first-order valence-corrected chi connectivity index (χ1v) is 7.78. The monoisotopic (exact) mass is 351 g/mol. The van der Waals surface area contributed by atoms with Crippen molar-refractivity contribution in [3.05, 3.63) is 57.8 Å². The standard InChI is InChI=1S/C16H15Cl2N3O2/c1-2-6-19-15(22)13-4-3-5-14(21-13)16(23)20-12-8-10(17)7-11(18)9-12/h3-5,7-9H,2,6H2,1H3,(H,19,22)(H,20,23). The van der Waals surface area contributed by atoms with E-state index in [2.05, 4.69) is 15.6 Å². The molecular weight excluding hydrogens is 337 g/mol. The highest BCUT2D eigenvalue weighted by Crippen LogP contribution is 2.22. The molecule has 0 aliphatic heterocycles.